The van der Waals surface area contributed by atoms with Gasteiger partial charge in [-0.1, -0.05) is 53.6 Å². The summed E-state index contributed by atoms with van der Waals surface area (Å²) in [5, 5.41) is 16.9. The summed E-state index contributed by atoms with van der Waals surface area (Å²) in [6, 6.07) is 12.6. The number of carbonyl (C=O) groups is 1. The topological polar surface area (TPSA) is 103 Å². The van der Waals surface area contributed by atoms with Gasteiger partial charge in [0, 0.05) is 41.2 Å². The average molecular weight is 542 g/mol. The molecule has 1 saturated heterocycles. The normalized spacial score (nSPS) is 13.5. The van der Waals surface area contributed by atoms with Gasteiger partial charge in [-0.25, -0.2) is 9.69 Å². The quantitative estimate of drug-likeness (QED) is 0.190. The minimum Gasteiger partial charge on any atom is -0.313 e. The zero-order valence-corrected chi connectivity index (χ0v) is 21.7. The van der Waals surface area contributed by atoms with Gasteiger partial charge >= 0.3 is 0 Å². The molecular weight excluding hydrogens is 517 g/mol. The Kier molecular flexibility index (Phi) is 8.66. The lowest BCUT2D eigenvalue weighted by Gasteiger charge is -2.26. The van der Waals surface area contributed by atoms with Crippen LogP contribution in [0.5, 0.6) is 0 Å². The summed E-state index contributed by atoms with van der Waals surface area (Å²) < 4.78 is 1.66. The molecule has 0 saturated carbocycles. The first-order valence-electron chi connectivity index (χ1n) is 11.8. The van der Waals surface area contributed by atoms with Gasteiger partial charge in [0.25, 0.3) is 11.0 Å². The van der Waals surface area contributed by atoms with E-state index in [1.807, 2.05) is 36.2 Å². The lowest BCUT2D eigenvalue weighted by molar-refractivity contribution is -0.757. The van der Waals surface area contributed by atoms with E-state index in [4.69, 9.17) is 23.2 Å². The Bertz CT molecular complexity index is 1360. The molecule has 0 unspecified atom stereocenters. The second-order valence-electron chi connectivity index (χ2n) is 8.50. The minimum absolute atomic E-state index is 0.0828. The van der Waals surface area contributed by atoms with Gasteiger partial charge < -0.3 is 4.84 Å². The SMILES string of the molecule is Cc1c(C(=O)NN2CCCCC2)nn(-c2ccc(Cl)cc2Cl)c1-c1ccc(C#CCCO[N+](=O)[O-])cc1. The summed E-state index contributed by atoms with van der Waals surface area (Å²) in [6.07, 6.45) is 3.47. The number of nitrogens with zero attached hydrogens (tertiary/aromatic N) is 4. The molecule has 1 fully saturated rings. The van der Waals surface area contributed by atoms with Gasteiger partial charge in [-0.05, 0) is 50.1 Å². The van der Waals surface area contributed by atoms with Crippen molar-refractivity contribution in [1.29, 1.82) is 0 Å². The number of hydrazine groups is 1. The van der Waals surface area contributed by atoms with Gasteiger partial charge in [0.05, 0.1) is 16.4 Å². The Morgan fingerprint density at radius 3 is 2.57 bits per heavy atom. The summed E-state index contributed by atoms with van der Waals surface area (Å²) in [5.41, 5.74) is 6.86. The highest BCUT2D eigenvalue weighted by Crippen LogP contribution is 2.33. The van der Waals surface area contributed by atoms with E-state index in [1.54, 1.807) is 22.9 Å². The second-order valence-corrected chi connectivity index (χ2v) is 9.35. The molecule has 1 amide bonds. The van der Waals surface area contributed by atoms with Crippen molar-refractivity contribution in [3.8, 4) is 28.8 Å². The largest absolute Gasteiger partial charge is 0.313 e. The number of halogens is 2. The van der Waals surface area contributed by atoms with E-state index in [0.29, 0.717) is 32.7 Å². The van der Waals surface area contributed by atoms with Crippen LogP contribution in [0.15, 0.2) is 42.5 Å². The van der Waals surface area contributed by atoms with Crippen LogP contribution in [0.3, 0.4) is 0 Å². The van der Waals surface area contributed by atoms with Crippen LogP contribution < -0.4 is 5.43 Å². The summed E-state index contributed by atoms with van der Waals surface area (Å²) in [6.45, 7) is 3.39. The number of amides is 1. The van der Waals surface area contributed by atoms with E-state index >= 15 is 0 Å². The van der Waals surface area contributed by atoms with Crippen molar-refractivity contribution >= 4 is 29.1 Å². The third-order valence-corrected chi connectivity index (χ3v) is 6.44. The van der Waals surface area contributed by atoms with Gasteiger partial charge in [0.1, 0.15) is 6.61 Å². The average Bonchev–Trinajstić information content (AvgIpc) is 3.21. The monoisotopic (exact) mass is 541 g/mol. The summed E-state index contributed by atoms with van der Waals surface area (Å²) in [7, 11) is 0. The standard InChI is InChI=1S/C26H25Cl2N5O4/c1-18-24(26(34)30-31-14-4-2-5-15-31)29-32(23-13-12-21(27)17-22(23)28)25(18)20-10-8-19(9-11-20)7-3-6-16-37-33(35)36/h8-13,17H,2,4-6,14-16H2,1H3,(H,30,34). The zero-order chi connectivity index (χ0) is 26.4. The van der Waals surface area contributed by atoms with Gasteiger partial charge in [0.15, 0.2) is 5.69 Å². The first-order valence-corrected chi connectivity index (χ1v) is 12.6. The number of nitrogens with one attached hydrogen (secondary N) is 1. The van der Waals surface area contributed by atoms with E-state index < -0.39 is 5.09 Å². The van der Waals surface area contributed by atoms with Crippen molar-refractivity contribution in [2.45, 2.75) is 32.6 Å². The van der Waals surface area contributed by atoms with Crippen molar-refractivity contribution in [1.82, 2.24) is 20.2 Å². The maximum Gasteiger partial charge on any atom is 0.294 e. The Labute approximate surface area is 224 Å². The van der Waals surface area contributed by atoms with E-state index in [1.165, 1.54) is 0 Å². The Hall–Kier alpha value is -3.58. The minimum atomic E-state index is -0.837. The molecule has 1 N–H and O–H groups in total. The number of hydrogen-bond donors (Lipinski definition) is 1. The fourth-order valence-electron chi connectivity index (χ4n) is 4.13. The molecule has 0 aliphatic carbocycles. The van der Waals surface area contributed by atoms with E-state index in [0.717, 1.165) is 43.5 Å². The molecular formula is C26H25Cl2N5O4. The third-order valence-electron chi connectivity index (χ3n) is 5.91. The molecule has 4 rings (SSSR count). The fourth-order valence-corrected chi connectivity index (χ4v) is 4.62. The zero-order valence-electron chi connectivity index (χ0n) is 20.2. The van der Waals surface area contributed by atoms with Crippen molar-refractivity contribution < 1.29 is 14.7 Å². The van der Waals surface area contributed by atoms with Crippen LogP contribution in [-0.2, 0) is 4.84 Å². The van der Waals surface area contributed by atoms with E-state index in [-0.39, 0.29) is 18.9 Å². The lowest BCUT2D eigenvalue weighted by atomic mass is 10.0. The van der Waals surface area contributed by atoms with Crippen molar-refractivity contribution in [2.75, 3.05) is 19.7 Å². The molecule has 11 heteroatoms. The van der Waals surface area contributed by atoms with Crippen molar-refractivity contribution in [3.63, 3.8) is 0 Å². The molecule has 0 spiro atoms. The molecule has 192 valence electrons. The Balaban J connectivity index is 1.67. The van der Waals surface area contributed by atoms with Crippen LogP contribution in [-0.4, -0.2) is 45.5 Å². The maximum absolute atomic E-state index is 13.2. The molecule has 2 heterocycles. The van der Waals surface area contributed by atoms with Crippen LogP contribution in [0.2, 0.25) is 10.0 Å². The predicted octanol–water partition coefficient (Wildman–Crippen LogP) is 5.24. The predicted molar refractivity (Wildman–Crippen MR) is 141 cm³/mol. The Morgan fingerprint density at radius 2 is 1.89 bits per heavy atom. The lowest BCUT2D eigenvalue weighted by Crippen LogP contribution is -2.45. The maximum atomic E-state index is 13.2. The molecule has 0 radical (unpaired) electrons. The number of rotatable bonds is 7. The number of hydrogen-bond acceptors (Lipinski definition) is 6. The summed E-state index contributed by atoms with van der Waals surface area (Å²) >= 11 is 12.6. The first kappa shape index (κ1) is 26.5. The van der Waals surface area contributed by atoms with Crippen LogP contribution in [0, 0.1) is 28.9 Å². The molecule has 0 atom stereocenters. The van der Waals surface area contributed by atoms with Crippen LogP contribution in [0.25, 0.3) is 16.9 Å². The fraction of sp³-hybridized carbons (Fsp3) is 0.308. The summed E-state index contributed by atoms with van der Waals surface area (Å²) in [5.74, 6) is 5.54. The summed E-state index contributed by atoms with van der Waals surface area (Å²) in [4.78, 5) is 27.7. The van der Waals surface area contributed by atoms with Gasteiger partial charge in [-0.15, -0.1) is 10.1 Å². The van der Waals surface area contributed by atoms with Gasteiger partial charge in [0.2, 0.25) is 0 Å². The Morgan fingerprint density at radius 1 is 1.16 bits per heavy atom. The van der Waals surface area contributed by atoms with Gasteiger partial charge in [-0.2, -0.15) is 5.10 Å². The van der Waals surface area contributed by atoms with Crippen LogP contribution >= 0.6 is 23.2 Å². The van der Waals surface area contributed by atoms with Crippen LogP contribution in [0.4, 0.5) is 0 Å². The molecule has 2 aromatic carbocycles. The number of piperidine rings is 1. The van der Waals surface area contributed by atoms with Crippen molar-refractivity contribution in [3.05, 3.63) is 79.4 Å². The molecule has 1 aromatic heterocycles. The van der Waals surface area contributed by atoms with Gasteiger partial charge in [-0.3, -0.25) is 10.2 Å². The van der Waals surface area contributed by atoms with Crippen molar-refractivity contribution in [2.24, 2.45) is 0 Å². The first-order chi connectivity index (χ1) is 17.8. The molecule has 37 heavy (non-hydrogen) atoms. The molecule has 3 aromatic rings. The molecule has 0 bridgehead atoms. The highest BCUT2D eigenvalue weighted by Gasteiger charge is 2.24. The van der Waals surface area contributed by atoms with E-state index in [9.17, 15) is 14.9 Å². The highest BCUT2D eigenvalue weighted by molar-refractivity contribution is 6.35. The number of carbonyl (C=O) groups excluding carboxylic acids is 1. The second kappa shape index (κ2) is 12.1. The van der Waals surface area contributed by atoms with E-state index in [2.05, 4.69) is 27.2 Å². The molecule has 1 aliphatic rings. The third kappa shape index (κ3) is 6.60. The molecule has 1 aliphatic heterocycles. The van der Waals surface area contributed by atoms with Crippen LogP contribution in [0.1, 0.15) is 47.3 Å². The number of aromatic nitrogens is 2. The number of benzene rings is 2. The molecule has 9 nitrogen and oxygen atoms in total. The smallest absolute Gasteiger partial charge is 0.294 e. The highest BCUT2D eigenvalue weighted by atomic mass is 35.5.